The quantitative estimate of drug-likeness (QED) is 0.543. The van der Waals surface area contributed by atoms with Crippen LogP contribution in [0.1, 0.15) is 98.3 Å². The molecule has 2 fully saturated rings. The molecule has 1 saturated heterocycles. The molecule has 1 saturated carbocycles. The summed E-state index contributed by atoms with van der Waals surface area (Å²) >= 11 is 0. The molecular weight excluding hydrogens is 344 g/mol. The van der Waals surface area contributed by atoms with Crippen LogP contribution in [0.3, 0.4) is 0 Å². The van der Waals surface area contributed by atoms with Gasteiger partial charge in [-0.2, -0.15) is 0 Å². The zero-order valence-electron chi connectivity index (χ0n) is 18.7. The van der Waals surface area contributed by atoms with Gasteiger partial charge in [-0.3, -0.25) is 0 Å². The number of hydrogen-bond donors (Lipinski definition) is 1. The zero-order valence-corrected chi connectivity index (χ0v) is 18.7. The lowest BCUT2D eigenvalue weighted by Gasteiger charge is -2.49. The summed E-state index contributed by atoms with van der Waals surface area (Å²) in [5.74, 6) is 2.14. The van der Waals surface area contributed by atoms with Crippen molar-refractivity contribution in [2.45, 2.75) is 117 Å². The van der Waals surface area contributed by atoms with Crippen molar-refractivity contribution in [2.24, 2.45) is 23.2 Å². The lowest BCUT2D eigenvalue weighted by molar-refractivity contribution is -0.0450. The summed E-state index contributed by atoms with van der Waals surface area (Å²) in [6.45, 7) is 9.55. The summed E-state index contributed by atoms with van der Waals surface area (Å²) in [4.78, 5) is 0. The monoisotopic (exact) mass is 386 g/mol. The minimum Gasteiger partial charge on any atom is -0.393 e. The van der Waals surface area contributed by atoms with E-state index < -0.39 is 0 Å². The number of ether oxygens (including phenoxy) is 1. The average molecular weight is 387 g/mol. The maximum atomic E-state index is 10.9. The fourth-order valence-corrected chi connectivity index (χ4v) is 7.04. The van der Waals surface area contributed by atoms with E-state index in [2.05, 4.69) is 33.8 Å². The second kappa shape index (κ2) is 8.26. The van der Waals surface area contributed by atoms with E-state index in [0.717, 1.165) is 31.1 Å². The van der Waals surface area contributed by atoms with E-state index in [-0.39, 0.29) is 11.5 Å². The van der Waals surface area contributed by atoms with Gasteiger partial charge in [-0.25, -0.2) is 0 Å². The fraction of sp³-hybridized carbons (Fsp3) is 0.846. The van der Waals surface area contributed by atoms with Crippen molar-refractivity contribution >= 4 is 0 Å². The van der Waals surface area contributed by atoms with Crippen molar-refractivity contribution in [3.63, 3.8) is 0 Å². The molecule has 7 unspecified atom stereocenters. The highest BCUT2D eigenvalue weighted by atomic mass is 16.5. The van der Waals surface area contributed by atoms with Crippen molar-refractivity contribution < 1.29 is 9.84 Å². The molecule has 7 atom stereocenters. The summed E-state index contributed by atoms with van der Waals surface area (Å²) in [7, 11) is 0. The summed E-state index contributed by atoms with van der Waals surface area (Å²) in [6.07, 6.45) is 16.2. The van der Waals surface area contributed by atoms with Gasteiger partial charge >= 0.3 is 0 Å². The second-order valence-corrected chi connectivity index (χ2v) is 11.1. The summed E-state index contributed by atoms with van der Waals surface area (Å²) in [5.41, 5.74) is 5.02. The van der Waals surface area contributed by atoms with Crippen LogP contribution in [0.25, 0.3) is 0 Å². The molecule has 2 aliphatic heterocycles. The lowest BCUT2D eigenvalue weighted by atomic mass is 9.57. The first kappa shape index (κ1) is 20.7. The van der Waals surface area contributed by atoms with Crippen LogP contribution in [-0.2, 0) is 4.74 Å². The van der Waals surface area contributed by atoms with Gasteiger partial charge < -0.3 is 9.84 Å². The first-order valence-electron chi connectivity index (χ1n) is 12.1. The molecule has 4 rings (SSSR count). The van der Waals surface area contributed by atoms with E-state index in [1.807, 2.05) is 0 Å². The largest absolute Gasteiger partial charge is 0.393 e. The van der Waals surface area contributed by atoms with Crippen molar-refractivity contribution in [3.8, 4) is 0 Å². The predicted octanol–water partition coefficient (Wildman–Crippen LogP) is 6.58. The Balaban J connectivity index is 1.51. The van der Waals surface area contributed by atoms with E-state index in [9.17, 15) is 5.11 Å². The molecule has 2 heteroatoms. The van der Waals surface area contributed by atoms with Crippen molar-refractivity contribution in [1.82, 2.24) is 0 Å². The van der Waals surface area contributed by atoms with Gasteiger partial charge in [0.05, 0.1) is 18.3 Å². The van der Waals surface area contributed by atoms with Gasteiger partial charge in [-0.05, 0) is 95.3 Å². The summed E-state index contributed by atoms with van der Waals surface area (Å²) < 4.78 is 6.41. The predicted molar refractivity (Wildman–Crippen MR) is 116 cm³/mol. The first-order chi connectivity index (χ1) is 13.3. The Morgan fingerprint density at radius 1 is 1.04 bits per heavy atom. The molecule has 0 amide bonds. The smallest absolute Gasteiger partial charge is 0.0764 e. The van der Waals surface area contributed by atoms with Crippen LogP contribution in [0.5, 0.6) is 0 Å². The highest BCUT2D eigenvalue weighted by Gasteiger charge is 2.46. The molecule has 0 radical (unpaired) electrons. The lowest BCUT2D eigenvalue weighted by Crippen LogP contribution is -2.44. The molecule has 0 aromatic heterocycles. The Morgan fingerprint density at radius 3 is 2.61 bits per heavy atom. The molecule has 2 nitrogen and oxygen atoms in total. The number of fused-ring (bicyclic) bond motifs is 2. The van der Waals surface area contributed by atoms with Crippen molar-refractivity contribution in [2.75, 3.05) is 0 Å². The third-order valence-corrected chi connectivity index (χ3v) is 8.48. The molecule has 2 aliphatic carbocycles. The molecule has 28 heavy (non-hydrogen) atoms. The number of allylic oxidation sites excluding steroid dienone is 3. The van der Waals surface area contributed by atoms with E-state index in [0.29, 0.717) is 18.1 Å². The highest BCUT2D eigenvalue weighted by molar-refractivity contribution is 5.28. The fourth-order valence-electron chi connectivity index (χ4n) is 7.04. The van der Waals surface area contributed by atoms with Gasteiger partial charge in [0, 0.05) is 5.41 Å². The molecule has 0 aromatic carbocycles. The van der Waals surface area contributed by atoms with Crippen LogP contribution in [0.2, 0.25) is 0 Å². The number of hydrogen-bond acceptors (Lipinski definition) is 2. The Kier molecular flexibility index (Phi) is 6.10. The van der Waals surface area contributed by atoms with Gasteiger partial charge in [-0.15, -0.1) is 0 Å². The minimum atomic E-state index is -0.0994. The van der Waals surface area contributed by atoms with Gasteiger partial charge in [0.1, 0.15) is 0 Å². The Bertz CT molecular complexity index is 632. The molecule has 1 spiro atoms. The van der Waals surface area contributed by atoms with Gasteiger partial charge in [0.15, 0.2) is 0 Å². The standard InChI is InChI=1S/C26H42O2/c1-17-5-8-22-9-7-21(12-23(11-17)28-22)13-24-19(3)15-26(16-20(24)4)14-18(2)6-10-25(26)27/h12,17-19,22-23,25,27H,5-11,13-16H2,1-4H3. The van der Waals surface area contributed by atoms with Crippen LogP contribution < -0.4 is 0 Å². The normalized spacial score (nSPS) is 44.8. The van der Waals surface area contributed by atoms with E-state index in [1.165, 1.54) is 51.4 Å². The highest BCUT2D eigenvalue weighted by Crippen LogP contribution is 2.53. The molecule has 1 N–H and O–H groups in total. The number of rotatable bonds is 2. The van der Waals surface area contributed by atoms with Crippen LogP contribution in [-0.4, -0.2) is 23.4 Å². The Hall–Kier alpha value is -0.600. The summed E-state index contributed by atoms with van der Waals surface area (Å²) in [5, 5.41) is 10.9. The van der Waals surface area contributed by atoms with Gasteiger partial charge in [0.25, 0.3) is 0 Å². The molecule has 0 aromatic rings. The van der Waals surface area contributed by atoms with Gasteiger partial charge in [-0.1, -0.05) is 43.6 Å². The van der Waals surface area contributed by atoms with Crippen LogP contribution >= 0.6 is 0 Å². The topological polar surface area (TPSA) is 29.5 Å². The van der Waals surface area contributed by atoms with E-state index in [4.69, 9.17) is 4.74 Å². The number of aliphatic hydroxyl groups is 1. The van der Waals surface area contributed by atoms with Gasteiger partial charge in [0.2, 0.25) is 0 Å². The molecule has 2 heterocycles. The van der Waals surface area contributed by atoms with Crippen LogP contribution in [0, 0.1) is 23.2 Å². The summed E-state index contributed by atoms with van der Waals surface area (Å²) in [6, 6.07) is 0. The third kappa shape index (κ3) is 4.29. The maximum Gasteiger partial charge on any atom is 0.0764 e. The van der Waals surface area contributed by atoms with Crippen molar-refractivity contribution in [1.29, 1.82) is 0 Å². The zero-order chi connectivity index (χ0) is 19.9. The number of aliphatic hydroxyl groups excluding tert-OH is 1. The maximum absolute atomic E-state index is 10.9. The molecule has 2 bridgehead atoms. The molecular formula is C26H42O2. The Morgan fingerprint density at radius 2 is 1.82 bits per heavy atom. The van der Waals surface area contributed by atoms with Crippen LogP contribution in [0.15, 0.2) is 22.8 Å². The van der Waals surface area contributed by atoms with Crippen LogP contribution in [0.4, 0.5) is 0 Å². The SMILES string of the molecule is CC1=C(CC2=CC3CC(C)CCC(CC2)O3)C(C)CC2(C1)CC(C)CCC2O. The van der Waals surface area contributed by atoms with E-state index in [1.54, 1.807) is 16.7 Å². The van der Waals surface area contributed by atoms with E-state index >= 15 is 0 Å². The third-order valence-electron chi connectivity index (χ3n) is 8.48. The molecule has 158 valence electrons. The second-order valence-electron chi connectivity index (χ2n) is 11.1. The average Bonchev–Trinajstić information content (AvgIpc) is 2.92. The minimum absolute atomic E-state index is 0.0994. The first-order valence-corrected chi connectivity index (χ1v) is 12.1. The van der Waals surface area contributed by atoms with Crippen molar-refractivity contribution in [3.05, 3.63) is 22.8 Å². The molecule has 4 aliphatic rings. The Labute approximate surface area is 172 Å².